The fourth-order valence-corrected chi connectivity index (χ4v) is 6.01. The van der Waals surface area contributed by atoms with Gasteiger partial charge in [0.15, 0.2) is 0 Å². The third-order valence-corrected chi connectivity index (χ3v) is 7.35. The molecule has 1 aromatic heterocycles. The third kappa shape index (κ3) is 5.97. The fourth-order valence-electron chi connectivity index (χ4n) is 3.52. The van der Waals surface area contributed by atoms with Gasteiger partial charge in [0.25, 0.3) is 5.56 Å². The molecular formula is C26H20BrI2N3O4. The van der Waals surface area contributed by atoms with E-state index in [-0.39, 0.29) is 23.6 Å². The maximum Gasteiger partial charge on any atom is 0.335 e. The Morgan fingerprint density at radius 1 is 1.17 bits per heavy atom. The van der Waals surface area contributed by atoms with Crippen LogP contribution >= 0.6 is 61.1 Å². The number of hydrogen-bond acceptors (Lipinski definition) is 5. The number of hydrogen-bond donors (Lipinski definition) is 1. The summed E-state index contributed by atoms with van der Waals surface area (Å²) in [5, 5.41) is 14.2. The molecule has 0 radical (unpaired) electrons. The number of halogens is 3. The largest absolute Gasteiger partial charge is 0.487 e. The maximum atomic E-state index is 13.2. The number of nitrogens with zero attached hydrogens (tertiary/aromatic N) is 3. The lowest BCUT2D eigenvalue weighted by Gasteiger charge is -2.13. The van der Waals surface area contributed by atoms with Gasteiger partial charge >= 0.3 is 5.97 Å². The smallest absolute Gasteiger partial charge is 0.335 e. The summed E-state index contributed by atoms with van der Waals surface area (Å²) in [6.07, 6.45) is 1.64. The molecule has 0 saturated carbocycles. The highest BCUT2D eigenvalue weighted by atomic mass is 127. The van der Waals surface area contributed by atoms with Crippen molar-refractivity contribution in [3.05, 3.63) is 99.1 Å². The van der Waals surface area contributed by atoms with E-state index in [1.54, 1.807) is 30.5 Å². The molecule has 0 unspecified atom stereocenters. The normalized spacial score (nSPS) is 11.5. The molecule has 0 atom stereocenters. The molecule has 0 amide bonds. The molecule has 10 heteroatoms. The van der Waals surface area contributed by atoms with E-state index in [0.717, 1.165) is 22.7 Å². The molecule has 184 valence electrons. The van der Waals surface area contributed by atoms with E-state index in [9.17, 15) is 14.7 Å². The Morgan fingerprint density at radius 2 is 1.89 bits per heavy atom. The van der Waals surface area contributed by atoms with Crippen molar-refractivity contribution in [2.45, 2.75) is 26.4 Å². The van der Waals surface area contributed by atoms with Gasteiger partial charge in [0.1, 0.15) is 18.2 Å². The molecule has 0 aliphatic carbocycles. The average molecular weight is 772 g/mol. The van der Waals surface area contributed by atoms with Crippen molar-refractivity contribution in [2.75, 3.05) is 0 Å². The first kappa shape index (κ1) is 26.7. The topological polar surface area (TPSA) is 93.8 Å². The van der Waals surface area contributed by atoms with Crippen LogP contribution < -0.4 is 10.3 Å². The van der Waals surface area contributed by atoms with Gasteiger partial charge in [-0.15, -0.1) is 0 Å². The monoisotopic (exact) mass is 771 g/mol. The molecule has 0 spiro atoms. The van der Waals surface area contributed by atoms with Crippen LogP contribution in [0.4, 0.5) is 0 Å². The van der Waals surface area contributed by atoms with E-state index in [4.69, 9.17) is 4.74 Å². The number of carboxylic acids is 1. The SMILES string of the molecule is CC(C)c1nc2ccc(Br)cc2c(=O)n1N=Cc1cc(I)c(OCc2cccc(C(=O)O)c2)c(I)c1. The van der Waals surface area contributed by atoms with Gasteiger partial charge in [-0.05, 0) is 98.8 Å². The summed E-state index contributed by atoms with van der Waals surface area (Å²) in [5.74, 6) is 0.308. The highest BCUT2D eigenvalue weighted by Crippen LogP contribution is 2.29. The second-order valence-corrected chi connectivity index (χ2v) is 11.5. The van der Waals surface area contributed by atoms with Crippen LogP contribution in [0.1, 0.15) is 47.1 Å². The maximum absolute atomic E-state index is 13.2. The lowest BCUT2D eigenvalue weighted by Crippen LogP contribution is -2.23. The molecule has 1 N–H and O–H groups in total. The number of fused-ring (bicyclic) bond motifs is 1. The number of aromatic nitrogens is 2. The van der Waals surface area contributed by atoms with Gasteiger partial charge in [-0.2, -0.15) is 9.78 Å². The van der Waals surface area contributed by atoms with E-state index in [1.807, 2.05) is 44.2 Å². The van der Waals surface area contributed by atoms with E-state index in [2.05, 4.69) is 71.2 Å². The Morgan fingerprint density at radius 3 is 2.56 bits per heavy atom. The minimum absolute atomic E-state index is 0.00132. The highest BCUT2D eigenvalue weighted by molar-refractivity contribution is 14.1. The molecular weight excluding hydrogens is 752 g/mol. The first-order chi connectivity index (χ1) is 17.1. The molecule has 0 fully saturated rings. The van der Waals surface area contributed by atoms with Gasteiger partial charge in [0.05, 0.1) is 29.8 Å². The fraction of sp³-hybridized carbons (Fsp3) is 0.154. The van der Waals surface area contributed by atoms with Crippen LogP contribution in [0.2, 0.25) is 0 Å². The minimum atomic E-state index is -0.973. The van der Waals surface area contributed by atoms with Gasteiger partial charge in [0, 0.05) is 10.4 Å². The van der Waals surface area contributed by atoms with Crippen molar-refractivity contribution in [3.63, 3.8) is 0 Å². The predicted octanol–water partition coefficient (Wildman–Crippen LogP) is 6.65. The molecule has 7 nitrogen and oxygen atoms in total. The van der Waals surface area contributed by atoms with Gasteiger partial charge < -0.3 is 9.84 Å². The second-order valence-electron chi connectivity index (χ2n) is 8.26. The summed E-state index contributed by atoms with van der Waals surface area (Å²) in [6.45, 7) is 4.19. The van der Waals surface area contributed by atoms with E-state index in [1.165, 1.54) is 4.68 Å². The highest BCUT2D eigenvalue weighted by Gasteiger charge is 2.14. The number of ether oxygens (including phenoxy) is 1. The van der Waals surface area contributed by atoms with Crippen LogP contribution in [-0.2, 0) is 6.61 Å². The van der Waals surface area contributed by atoms with Gasteiger partial charge in [0.2, 0.25) is 0 Å². The summed E-state index contributed by atoms with van der Waals surface area (Å²) in [6, 6.07) is 16.0. The van der Waals surface area contributed by atoms with Crippen LogP contribution in [0.25, 0.3) is 10.9 Å². The Labute approximate surface area is 243 Å². The third-order valence-electron chi connectivity index (χ3n) is 5.25. The van der Waals surface area contributed by atoms with Crippen LogP contribution in [0.15, 0.2) is 69.0 Å². The number of carbonyl (C=O) groups is 1. The van der Waals surface area contributed by atoms with E-state index in [0.29, 0.717) is 22.5 Å². The number of aromatic carboxylic acids is 1. The molecule has 0 aliphatic rings. The lowest BCUT2D eigenvalue weighted by atomic mass is 10.1. The molecule has 0 saturated heterocycles. The molecule has 4 rings (SSSR count). The molecule has 3 aromatic carbocycles. The quantitative estimate of drug-likeness (QED) is 0.168. The van der Waals surface area contributed by atoms with Crippen LogP contribution in [-0.4, -0.2) is 27.0 Å². The Bertz CT molecular complexity index is 1540. The number of benzene rings is 3. The van der Waals surface area contributed by atoms with Crippen molar-refractivity contribution in [1.82, 2.24) is 9.66 Å². The van der Waals surface area contributed by atoms with Crippen LogP contribution in [0, 0.1) is 7.14 Å². The van der Waals surface area contributed by atoms with Crippen LogP contribution in [0.5, 0.6) is 5.75 Å². The molecule has 0 aliphatic heterocycles. The van der Waals surface area contributed by atoms with E-state index >= 15 is 0 Å². The van der Waals surface area contributed by atoms with Crippen molar-refractivity contribution < 1.29 is 14.6 Å². The molecule has 1 heterocycles. The lowest BCUT2D eigenvalue weighted by molar-refractivity contribution is 0.0696. The van der Waals surface area contributed by atoms with Gasteiger partial charge in [-0.3, -0.25) is 4.79 Å². The second kappa shape index (κ2) is 11.4. The van der Waals surface area contributed by atoms with Crippen LogP contribution in [0.3, 0.4) is 0 Å². The summed E-state index contributed by atoms with van der Waals surface area (Å²) >= 11 is 7.81. The van der Waals surface area contributed by atoms with Crippen molar-refractivity contribution in [1.29, 1.82) is 0 Å². The Balaban J connectivity index is 1.63. The van der Waals surface area contributed by atoms with Crippen molar-refractivity contribution >= 4 is 84.2 Å². The summed E-state index contributed by atoms with van der Waals surface area (Å²) in [4.78, 5) is 29.1. The zero-order chi connectivity index (χ0) is 26.0. The first-order valence-electron chi connectivity index (χ1n) is 10.8. The number of rotatable bonds is 7. The van der Waals surface area contributed by atoms with Gasteiger partial charge in [-0.25, -0.2) is 9.78 Å². The Hall–Kier alpha value is -2.32. The summed E-state index contributed by atoms with van der Waals surface area (Å²) in [7, 11) is 0. The van der Waals surface area contributed by atoms with Crippen molar-refractivity contribution in [3.8, 4) is 5.75 Å². The summed E-state index contributed by atoms with van der Waals surface area (Å²) < 4.78 is 9.91. The minimum Gasteiger partial charge on any atom is -0.487 e. The van der Waals surface area contributed by atoms with Crippen molar-refractivity contribution in [2.24, 2.45) is 5.10 Å². The van der Waals surface area contributed by atoms with Gasteiger partial charge in [-0.1, -0.05) is 41.9 Å². The summed E-state index contributed by atoms with van der Waals surface area (Å²) in [5.41, 5.74) is 2.20. The zero-order valence-electron chi connectivity index (χ0n) is 19.2. The Kier molecular flexibility index (Phi) is 8.45. The zero-order valence-corrected chi connectivity index (χ0v) is 25.1. The number of carboxylic acid groups (broad SMARTS) is 1. The predicted molar refractivity (Wildman–Crippen MR) is 160 cm³/mol. The molecule has 36 heavy (non-hydrogen) atoms. The first-order valence-corrected chi connectivity index (χ1v) is 13.8. The standard InChI is InChI=1S/C26H20BrI2N3O4/c1-14(2)24-31-22-7-6-18(27)11-19(22)25(33)32(24)30-12-16-9-20(28)23(21(29)10-16)36-13-15-4-3-5-17(8-15)26(34)35/h3-12,14H,13H2,1-2H3,(H,34,35). The average Bonchev–Trinajstić information content (AvgIpc) is 2.83. The molecule has 4 aromatic rings. The van der Waals surface area contributed by atoms with E-state index < -0.39 is 5.97 Å². The molecule has 0 bridgehead atoms.